The summed E-state index contributed by atoms with van der Waals surface area (Å²) in [5.41, 5.74) is 3.18. The van der Waals surface area contributed by atoms with Crippen LogP contribution in [0.2, 0.25) is 0 Å². The second kappa shape index (κ2) is 8.53. The summed E-state index contributed by atoms with van der Waals surface area (Å²) >= 11 is 0. The Bertz CT molecular complexity index is 991. The molecule has 3 aliphatic rings. The molecule has 2 heterocycles. The second-order valence-corrected chi connectivity index (χ2v) is 7.86. The third-order valence-electron chi connectivity index (χ3n) is 5.95. The predicted octanol–water partition coefficient (Wildman–Crippen LogP) is 2.69. The molecule has 1 aliphatic carbocycles. The van der Waals surface area contributed by atoms with E-state index in [0.717, 1.165) is 16.7 Å². The number of aliphatic imine (C=N–C) groups is 1. The van der Waals surface area contributed by atoms with Gasteiger partial charge in [-0.3, -0.25) is 4.99 Å². The van der Waals surface area contributed by atoms with E-state index in [9.17, 15) is 10.2 Å². The van der Waals surface area contributed by atoms with E-state index in [-0.39, 0.29) is 12.4 Å². The number of fused-ring (bicyclic) bond motifs is 2. The van der Waals surface area contributed by atoms with Crippen LogP contribution < -0.4 is 0 Å². The van der Waals surface area contributed by atoms with Gasteiger partial charge < -0.3 is 29.2 Å². The van der Waals surface area contributed by atoms with Gasteiger partial charge in [-0.25, -0.2) is 0 Å². The molecule has 2 aromatic carbocycles. The molecule has 7 nitrogen and oxygen atoms in total. The molecule has 2 aromatic rings. The first kappa shape index (κ1) is 20.4. The molecule has 6 atom stereocenters. The Morgan fingerprint density at radius 2 is 1.81 bits per heavy atom. The minimum Gasteiger partial charge on any atom is -0.506 e. The molecule has 2 saturated heterocycles. The summed E-state index contributed by atoms with van der Waals surface area (Å²) < 4.78 is 23.5. The van der Waals surface area contributed by atoms with Crippen LogP contribution in [0.5, 0.6) is 0 Å². The molecule has 2 fully saturated rings. The highest BCUT2D eigenvalue weighted by atomic mass is 16.7. The minimum atomic E-state index is -1.01. The van der Waals surface area contributed by atoms with E-state index in [0.29, 0.717) is 12.1 Å². The van der Waals surface area contributed by atoms with Crippen molar-refractivity contribution in [2.45, 2.75) is 43.4 Å². The van der Waals surface area contributed by atoms with Crippen molar-refractivity contribution in [3.63, 3.8) is 0 Å². The Balaban J connectivity index is 1.45. The molecule has 7 heteroatoms. The van der Waals surface area contributed by atoms with Gasteiger partial charge in [0, 0.05) is 18.2 Å². The zero-order valence-electron chi connectivity index (χ0n) is 17.1. The number of methoxy groups -OCH3 is 1. The van der Waals surface area contributed by atoms with Gasteiger partial charge in [0.25, 0.3) is 0 Å². The zero-order valence-corrected chi connectivity index (χ0v) is 17.1. The van der Waals surface area contributed by atoms with Gasteiger partial charge >= 0.3 is 0 Å². The Morgan fingerprint density at radius 1 is 1.03 bits per heavy atom. The van der Waals surface area contributed by atoms with E-state index >= 15 is 0 Å². The van der Waals surface area contributed by atoms with Gasteiger partial charge in [0.05, 0.1) is 6.61 Å². The topological polar surface area (TPSA) is 89.7 Å². The van der Waals surface area contributed by atoms with Crippen LogP contribution in [-0.2, 0) is 25.4 Å². The number of nitrogens with zero attached hydrogens (tertiary/aromatic N) is 1. The molecule has 1 unspecified atom stereocenters. The predicted molar refractivity (Wildman–Crippen MR) is 113 cm³/mol. The number of benzene rings is 2. The lowest BCUT2D eigenvalue weighted by Crippen LogP contribution is -2.61. The van der Waals surface area contributed by atoms with Crippen molar-refractivity contribution >= 4 is 5.71 Å². The van der Waals surface area contributed by atoms with Crippen LogP contribution in [0.15, 0.2) is 71.4 Å². The maximum Gasteiger partial charge on any atom is 0.184 e. The first-order valence-electron chi connectivity index (χ1n) is 10.4. The number of hydrogen-bond acceptors (Lipinski definition) is 7. The van der Waals surface area contributed by atoms with Crippen molar-refractivity contribution in [3.8, 4) is 0 Å². The monoisotopic (exact) mass is 423 g/mol. The fraction of sp³-hybridized carbons (Fsp3) is 0.375. The fourth-order valence-electron chi connectivity index (χ4n) is 4.34. The third kappa shape index (κ3) is 3.79. The van der Waals surface area contributed by atoms with Gasteiger partial charge in [-0.2, -0.15) is 0 Å². The largest absolute Gasteiger partial charge is 0.506 e. The molecule has 162 valence electrons. The summed E-state index contributed by atoms with van der Waals surface area (Å²) in [4.78, 5) is 4.72. The molecular formula is C24H25NO6. The molecule has 31 heavy (non-hydrogen) atoms. The number of rotatable bonds is 3. The molecule has 0 amide bonds. The van der Waals surface area contributed by atoms with Crippen molar-refractivity contribution in [3.05, 3.63) is 83.1 Å². The van der Waals surface area contributed by atoms with Crippen LogP contribution in [0, 0.1) is 0 Å². The summed E-state index contributed by atoms with van der Waals surface area (Å²) in [7, 11) is 1.51. The number of ether oxygens (including phenoxy) is 4. The van der Waals surface area contributed by atoms with E-state index in [1.165, 1.54) is 7.11 Å². The van der Waals surface area contributed by atoms with Crippen molar-refractivity contribution in [2.24, 2.45) is 4.99 Å². The molecular weight excluding hydrogens is 398 g/mol. The maximum absolute atomic E-state index is 11.2. The Hall–Kier alpha value is -2.55. The molecule has 2 aliphatic heterocycles. The smallest absolute Gasteiger partial charge is 0.184 e. The summed E-state index contributed by atoms with van der Waals surface area (Å²) in [6.45, 7) is 0.262. The normalized spacial score (nSPS) is 34.0. The highest BCUT2D eigenvalue weighted by Crippen LogP contribution is 2.36. The van der Waals surface area contributed by atoms with Crippen molar-refractivity contribution in [1.82, 2.24) is 0 Å². The van der Waals surface area contributed by atoms with Crippen molar-refractivity contribution in [1.29, 1.82) is 0 Å². The number of allylic oxidation sites excluding steroid dienone is 2. The van der Waals surface area contributed by atoms with Gasteiger partial charge in [0.2, 0.25) is 0 Å². The molecule has 5 rings (SSSR count). The molecule has 0 bridgehead atoms. The van der Waals surface area contributed by atoms with E-state index in [1.807, 2.05) is 54.6 Å². The lowest BCUT2D eigenvalue weighted by Gasteiger charge is -2.46. The highest BCUT2D eigenvalue weighted by Gasteiger charge is 2.50. The van der Waals surface area contributed by atoms with Crippen LogP contribution in [0.25, 0.3) is 0 Å². The average Bonchev–Trinajstić information content (AvgIpc) is 2.82. The quantitative estimate of drug-likeness (QED) is 0.789. The number of aliphatic hydroxyl groups is 2. The summed E-state index contributed by atoms with van der Waals surface area (Å²) in [5, 5.41) is 21.8. The zero-order chi connectivity index (χ0) is 21.4. The Labute approximate surface area is 180 Å². The molecule has 2 N–H and O–H groups in total. The standard InChI is InChI=1S/C24H25NO6/c1-28-24-20(25-19-16-10-6-5-7-14(16)11-12-17(19)26)21(27)22-18(30-24)13-29-23(31-22)15-8-3-2-4-9-15/h2-10,12,18,20-24,26-27H,11,13H2,1H3/t18-,20+,21+,22-,23?,24+/m1/s1. The van der Waals surface area contributed by atoms with E-state index in [4.69, 9.17) is 23.9 Å². The molecule has 0 aromatic heterocycles. The van der Waals surface area contributed by atoms with Gasteiger partial charge in [-0.1, -0.05) is 54.6 Å². The van der Waals surface area contributed by atoms with E-state index in [2.05, 4.69) is 0 Å². The number of hydrogen-bond donors (Lipinski definition) is 2. The van der Waals surface area contributed by atoms with E-state index < -0.39 is 36.9 Å². The van der Waals surface area contributed by atoms with Crippen LogP contribution in [0.1, 0.15) is 23.0 Å². The van der Waals surface area contributed by atoms with Crippen LogP contribution in [-0.4, -0.2) is 60.3 Å². The average molecular weight is 423 g/mol. The van der Waals surface area contributed by atoms with Crippen molar-refractivity contribution < 1.29 is 29.2 Å². The van der Waals surface area contributed by atoms with Gasteiger partial charge in [0.15, 0.2) is 12.6 Å². The van der Waals surface area contributed by atoms with Crippen LogP contribution in [0.3, 0.4) is 0 Å². The molecule has 0 spiro atoms. The fourth-order valence-corrected chi connectivity index (χ4v) is 4.34. The summed E-state index contributed by atoms with van der Waals surface area (Å²) in [6.07, 6.45) is -1.19. The number of aliphatic hydroxyl groups excluding tert-OH is 2. The first-order chi connectivity index (χ1) is 15.2. The second-order valence-electron chi connectivity index (χ2n) is 7.86. The first-order valence-corrected chi connectivity index (χ1v) is 10.4. The van der Waals surface area contributed by atoms with Crippen molar-refractivity contribution in [2.75, 3.05) is 13.7 Å². The summed E-state index contributed by atoms with van der Waals surface area (Å²) in [5.74, 6) is 0.0814. The summed E-state index contributed by atoms with van der Waals surface area (Å²) in [6, 6.07) is 16.6. The lowest BCUT2D eigenvalue weighted by molar-refractivity contribution is -0.338. The molecule has 0 radical (unpaired) electrons. The van der Waals surface area contributed by atoms with Gasteiger partial charge in [0.1, 0.15) is 35.8 Å². The third-order valence-corrected chi connectivity index (χ3v) is 5.95. The lowest BCUT2D eigenvalue weighted by atomic mass is 9.92. The minimum absolute atomic E-state index is 0.0814. The SMILES string of the molecule is CO[C@H]1O[C@@H]2COC(c3ccccc3)O[C@H]2[C@@H](O)[C@@H]1N=C1C(O)=CCc2ccccc21. The van der Waals surface area contributed by atoms with Crippen LogP contribution in [0.4, 0.5) is 0 Å². The van der Waals surface area contributed by atoms with Crippen LogP contribution >= 0.6 is 0 Å². The maximum atomic E-state index is 11.2. The Morgan fingerprint density at radius 3 is 2.61 bits per heavy atom. The van der Waals surface area contributed by atoms with Gasteiger partial charge in [-0.05, 0) is 18.1 Å². The Kier molecular flexibility index (Phi) is 5.60. The van der Waals surface area contributed by atoms with E-state index in [1.54, 1.807) is 6.08 Å². The van der Waals surface area contributed by atoms with Gasteiger partial charge in [-0.15, -0.1) is 0 Å². The highest BCUT2D eigenvalue weighted by molar-refractivity contribution is 6.13. The molecule has 0 saturated carbocycles.